The van der Waals surface area contributed by atoms with Crippen LogP contribution in [-0.2, 0) is 9.53 Å². The SMILES string of the molecule is C=CC(=O)Nc1cccc(-c2c(Cl)ccc3cnc(Nc4cccnc4C4CNCCO4)nc23)c1. The summed E-state index contributed by atoms with van der Waals surface area (Å²) in [5.74, 6) is 0.125. The Balaban J connectivity index is 1.53. The Morgan fingerprint density at radius 3 is 2.94 bits per heavy atom. The van der Waals surface area contributed by atoms with E-state index >= 15 is 0 Å². The molecule has 1 aliphatic heterocycles. The molecule has 1 unspecified atom stereocenters. The first-order valence-electron chi connectivity index (χ1n) is 11.2. The lowest BCUT2D eigenvalue weighted by molar-refractivity contribution is -0.111. The van der Waals surface area contributed by atoms with Crippen LogP contribution in [0.3, 0.4) is 0 Å². The quantitative estimate of drug-likeness (QED) is 0.334. The minimum absolute atomic E-state index is 0.161. The van der Waals surface area contributed by atoms with Crippen LogP contribution in [-0.4, -0.2) is 40.6 Å². The highest BCUT2D eigenvalue weighted by molar-refractivity contribution is 6.35. The molecule has 2 aromatic heterocycles. The number of amides is 1. The molecule has 0 bridgehead atoms. The Morgan fingerprint density at radius 2 is 2.11 bits per heavy atom. The number of carbonyl (C=O) groups excluding carboxylic acids is 1. The number of fused-ring (bicyclic) bond motifs is 1. The van der Waals surface area contributed by atoms with Crippen molar-refractivity contribution in [1.29, 1.82) is 0 Å². The van der Waals surface area contributed by atoms with Gasteiger partial charge in [-0.1, -0.05) is 30.3 Å². The first-order chi connectivity index (χ1) is 17.1. The van der Waals surface area contributed by atoms with E-state index in [0.717, 1.165) is 34.4 Å². The highest BCUT2D eigenvalue weighted by atomic mass is 35.5. The van der Waals surface area contributed by atoms with Gasteiger partial charge in [-0.05, 0) is 48.0 Å². The lowest BCUT2D eigenvalue weighted by Crippen LogP contribution is -2.34. The number of nitrogens with one attached hydrogen (secondary N) is 3. The molecule has 0 saturated carbocycles. The number of hydrogen-bond donors (Lipinski definition) is 3. The smallest absolute Gasteiger partial charge is 0.247 e. The number of benzene rings is 2. The molecular formula is C26H23ClN6O2. The third kappa shape index (κ3) is 5.00. The molecule has 5 rings (SSSR count). The van der Waals surface area contributed by atoms with E-state index < -0.39 is 0 Å². The summed E-state index contributed by atoms with van der Waals surface area (Å²) < 4.78 is 5.89. The van der Waals surface area contributed by atoms with Gasteiger partial charge in [0.15, 0.2) is 0 Å². The summed E-state index contributed by atoms with van der Waals surface area (Å²) in [6.07, 6.45) is 4.56. The maximum absolute atomic E-state index is 11.8. The normalized spacial score (nSPS) is 15.5. The fourth-order valence-corrected chi connectivity index (χ4v) is 4.26. The lowest BCUT2D eigenvalue weighted by Gasteiger charge is -2.24. The molecular weight excluding hydrogens is 464 g/mol. The van der Waals surface area contributed by atoms with Gasteiger partial charge in [0.1, 0.15) is 6.10 Å². The van der Waals surface area contributed by atoms with Gasteiger partial charge in [0, 0.05) is 42.1 Å². The zero-order valence-corrected chi connectivity index (χ0v) is 19.5. The van der Waals surface area contributed by atoms with E-state index in [-0.39, 0.29) is 12.0 Å². The zero-order chi connectivity index (χ0) is 24.2. The second kappa shape index (κ2) is 10.2. The van der Waals surface area contributed by atoms with Gasteiger partial charge in [-0.15, -0.1) is 0 Å². The highest BCUT2D eigenvalue weighted by Crippen LogP contribution is 2.36. The summed E-state index contributed by atoms with van der Waals surface area (Å²) in [4.78, 5) is 25.6. The summed E-state index contributed by atoms with van der Waals surface area (Å²) >= 11 is 6.64. The molecule has 0 aliphatic carbocycles. The van der Waals surface area contributed by atoms with Gasteiger partial charge in [-0.25, -0.2) is 9.97 Å². The van der Waals surface area contributed by atoms with Crippen molar-refractivity contribution in [3.8, 4) is 11.1 Å². The molecule has 1 saturated heterocycles. The van der Waals surface area contributed by atoms with E-state index in [0.29, 0.717) is 35.3 Å². The number of pyridine rings is 1. The molecule has 176 valence electrons. The standard InChI is InChI=1S/C26H23ClN6O2/c1-2-22(34)31-18-6-3-5-16(13-18)23-19(27)9-8-17-14-30-26(33-24(17)23)32-20-7-4-10-29-25(20)21-15-28-11-12-35-21/h2-10,13-14,21,28H,1,11-12,15H2,(H,31,34)(H,30,32,33). The van der Waals surface area contributed by atoms with Gasteiger partial charge in [0.2, 0.25) is 11.9 Å². The molecule has 2 aromatic carbocycles. The Hall–Kier alpha value is -3.85. The average molecular weight is 487 g/mol. The molecule has 1 fully saturated rings. The topological polar surface area (TPSA) is 101 Å². The lowest BCUT2D eigenvalue weighted by atomic mass is 10.0. The number of hydrogen-bond acceptors (Lipinski definition) is 7. The van der Waals surface area contributed by atoms with E-state index in [2.05, 4.69) is 32.5 Å². The zero-order valence-electron chi connectivity index (χ0n) is 18.8. The third-order valence-corrected chi connectivity index (χ3v) is 5.94. The highest BCUT2D eigenvalue weighted by Gasteiger charge is 2.21. The Labute approximate surface area is 207 Å². The van der Waals surface area contributed by atoms with Crippen molar-refractivity contribution >= 4 is 45.7 Å². The molecule has 3 N–H and O–H groups in total. The first kappa shape index (κ1) is 22.9. The Bertz CT molecular complexity index is 1400. The number of rotatable bonds is 6. The van der Waals surface area contributed by atoms with Gasteiger partial charge < -0.3 is 20.7 Å². The van der Waals surface area contributed by atoms with Crippen molar-refractivity contribution in [2.75, 3.05) is 30.3 Å². The van der Waals surface area contributed by atoms with E-state index in [1.54, 1.807) is 18.5 Å². The van der Waals surface area contributed by atoms with Gasteiger partial charge in [-0.2, -0.15) is 0 Å². The summed E-state index contributed by atoms with van der Waals surface area (Å²) in [6, 6.07) is 14.9. The van der Waals surface area contributed by atoms with Gasteiger partial charge in [0.05, 0.1) is 28.5 Å². The van der Waals surface area contributed by atoms with Crippen molar-refractivity contribution in [2.24, 2.45) is 0 Å². The Kier molecular flexibility index (Phi) is 6.67. The number of morpholine rings is 1. The molecule has 8 nitrogen and oxygen atoms in total. The molecule has 3 heterocycles. The van der Waals surface area contributed by atoms with Crippen LogP contribution in [0.4, 0.5) is 17.3 Å². The van der Waals surface area contributed by atoms with Crippen molar-refractivity contribution < 1.29 is 9.53 Å². The van der Waals surface area contributed by atoms with Crippen molar-refractivity contribution in [3.63, 3.8) is 0 Å². The molecule has 9 heteroatoms. The van der Waals surface area contributed by atoms with Crippen LogP contribution in [0.2, 0.25) is 5.02 Å². The number of nitrogens with zero attached hydrogens (tertiary/aromatic N) is 3. The van der Waals surface area contributed by atoms with E-state index in [4.69, 9.17) is 21.3 Å². The Morgan fingerprint density at radius 1 is 1.20 bits per heavy atom. The van der Waals surface area contributed by atoms with E-state index in [9.17, 15) is 4.79 Å². The average Bonchev–Trinajstić information content (AvgIpc) is 2.89. The minimum Gasteiger partial charge on any atom is -0.369 e. The second-order valence-corrected chi connectivity index (χ2v) is 8.36. The first-order valence-corrected chi connectivity index (χ1v) is 11.5. The van der Waals surface area contributed by atoms with E-state index in [1.165, 1.54) is 6.08 Å². The second-order valence-electron chi connectivity index (χ2n) is 7.95. The number of aromatic nitrogens is 3. The molecule has 0 radical (unpaired) electrons. The van der Waals surface area contributed by atoms with Crippen LogP contribution in [0.15, 0.2) is 73.6 Å². The fraction of sp³-hybridized carbons (Fsp3) is 0.154. The molecule has 1 aliphatic rings. The minimum atomic E-state index is -0.288. The molecule has 0 spiro atoms. The molecule has 1 amide bonds. The van der Waals surface area contributed by atoms with Crippen LogP contribution in [0, 0.1) is 0 Å². The van der Waals surface area contributed by atoms with E-state index in [1.807, 2.05) is 42.5 Å². The summed E-state index contributed by atoms with van der Waals surface area (Å²) in [5.41, 5.74) is 4.45. The van der Waals surface area contributed by atoms with Crippen molar-refractivity contribution in [2.45, 2.75) is 6.10 Å². The van der Waals surface area contributed by atoms with Crippen LogP contribution in [0.1, 0.15) is 11.8 Å². The molecule has 4 aromatic rings. The number of carbonyl (C=O) groups is 1. The number of halogens is 1. The molecule has 1 atom stereocenters. The monoisotopic (exact) mass is 486 g/mol. The molecule has 35 heavy (non-hydrogen) atoms. The largest absolute Gasteiger partial charge is 0.369 e. The van der Waals surface area contributed by atoms with Crippen LogP contribution in [0.5, 0.6) is 0 Å². The van der Waals surface area contributed by atoms with Gasteiger partial charge in [0.25, 0.3) is 0 Å². The summed E-state index contributed by atoms with van der Waals surface area (Å²) in [7, 11) is 0. The number of ether oxygens (including phenoxy) is 1. The van der Waals surface area contributed by atoms with Crippen LogP contribution < -0.4 is 16.0 Å². The predicted molar refractivity (Wildman–Crippen MR) is 138 cm³/mol. The summed E-state index contributed by atoms with van der Waals surface area (Å²) in [6.45, 7) is 5.63. The van der Waals surface area contributed by atoms with Gasteiger partial charge >= 0.3 is 0 Å². The maximum atomic E-state index is 11.8. The fourth-order valence-electron chi connectivity index (χ4n) is 3.99. The van der Waals surface area contributed by atoms with Crippen molar-refractivity contribution in [1.82, 2.24) is 20.3 Å². The predicted octanol–water partition coefficient (Wildman–Crippen LogP) is 4.87. The maximum Gasteiger partial charge on any atom is 0.247 e. The third-order valence-electron chi connectivity index (χ3n) is 5.62. The van der Waals surface area contributed by atoms with Crippen molar-refractivity contribution in [3.05, 3.63) is 84.3 Å². The number of anilines is 3. The summed E-state index contributed by atoms with van der Waals surface area (Å²) in [5, 5.41) is 10.8. The van der Waals surface area contributed by atoms with Crippen LogP contribution >= 0.6 is 11.6 Å². The van der Waals surface area contributed by atoms with Crippen LogP contribution in [0.25, 0.3) is 22.0 Å². The van der Waals surface area contributed by atoms with Gasteiger partial charge in [-0.3, -0.25) is 9.78 Å².